The van der Waals surface area contributed by atoms with E-state index in [-0.39, 0.29) is 0 Å². The summed E-state index contributed by atoms with van der Waals surface area (Å²) >= 11 is 0. The van der Waals surface area contributed by atoms with Crippen molar-refractivity contribution in [3.05, 3.63) is 0 Å². The van der Waals surface area contributed by atoms with Gasteiger partial charge in [-0.05, 0) is 121 Å². The fraction of sp³-hybridized carbons (Fsp3) is 1.00. The lowest BCUT2D eigenvalue weighted by molar-refractivity contribution is 0.115. The lowest BCUT2D eigenvalue weighted by Gasteiger charge is -2.41. The Kier molecular flexibility index (Phi) is 20.1. The normalized spacial score (nSPS) is 13.1. The summed E-state index contributed by atoms with van der Waals surface area (Å²) in [7, 11) is 1.65. The molecule has 5 nitrogen and oxygen atoms in total. The minimum absolute atomic E-state index is 0.341. The second-order valence-corrected chi connectivity index (χ2v) is 14.1. The molecule has 0 unspecified atom stereocenters. The van der Waals surface area contributed by atoms with E-state index >= 15 is 0 Å². The molecule has 0 bridgehead atoms. The maximum Gasteiger partial charge on any atom is 0.337 e. The van der Waals surface area contributed by atoms with E-state index in [0.29, 0.717) is 5.41 Å². The summed E-state index contributed by atoms with van der Waals surface area (Å²) in [6.45, 7) is 26.9. The molecule has 0 aliphatic carbocycles. The van der Waals surface area contributed by atoms with Crippen molar-refractivity contribution in [1.29, 1.82) is 0 Å². The summed E-state index contributed by atoms with van der Waals surface area (Å²) in [5.74, 6) is 0. The van der Waals surface area contributed by atoms with Gasteiger partial charge in [0.25, 0.3) is 0 Å². The van der Waals surface area contributed by atoms with Crippen LogP contribution in [0.2, 0.25) is 12.1 Å². The van der Waals surface area contributed by atoms with Gasteiger partial charge in [-0.3, -0.25) is 0 Å². The molecule has 206 valence electrons. The van der Waals surface area contributed by atoms with Gasteiger partial charge in [-0.2, -0.15) is 0 Å². The highest BCUT2D eigenvalue weighted by Crippen LogP contribution is 2.40. The van der Waals surface area contributed by atoms with Gasteiger partial charge in [0.05, 0.1) is 0 Å². The molecule has 0 aliphatic rings. The highest BCUT2D eigenvalue weighted by Gasteiger charge is 2.39. The number of hydrogen-bond donors (Lipinski definition) is 0. The molecule has 0 rings (SSSR count). The first-order valence-corrected chi connectivity index (χ1v) is 16.9. The zero-order valence-electron chi connectivity index (χ0n) is 24.9. The summed E-state index contributed by atoms with van der Waals surface area (Å²) in [5.41, 5.74) is 0.341. The predicted molar refractivity (Wildman–Crippen MR) is 153 cm³/mol. The molecule has 0 radical (unpaired) electrons. The Balaban J connectivity index is 5.89. The fourth-order valence-corrected chi connectivity index (χ4v) is 7.79. The monoisotopic (exact) mass is 501 g/mol. The molecular formula is C28H63N3O2Si. The van der Waals surface area contributed by atoms with Crippen molar-refractivity contribution in [3.63, 3.8) is 0 Å². The zero-order valence-corrected chi connectivity index (χ0v) is 25.9. The quantitative estimate of drug-likeness (QED) is 0.141. The molecule has 0 aromatic rings. The van der Waals surface area contributed by atoms with Crippen LogP contribution >= 0.6 is 0 Å². The van der Waals surface area contributed by atoms with E-state index in [2.05, 4.69) is 63.2 Å². The van der Waals surface area contributed by atoms with Crippen molar-refractivity contribution in [2.24, 2.45) is 5.41 Å². The summed E-state index contributed by atoms with van der Waals surface area (Å²) in [6, 6.07) is 2.14. The molecule has 0 saturated heterocycles. The molecule has 0 aromatic heterocycles. The van der Waals surface area contributed by atoms with E-state index in [1.165, 1.54) is 84.2 Å². The maximum atomic E-state index is 6.07. The van der Waals surface area contributed by atoms with Crippen LogP contribution in [-0.4, -0.2) is 96.4 Å². The van der Waals surface area contributed by atoms with Crippen molar-refractivity contribution in [2.75, 3.05) is 73.1 Å². The van der Waals surface area contributed by atoms with E-state index in [4.69, 9.17) is 8.85 Å². The van der Waals surface area contributed by atoms with Gasteiger partial charge in [-0.1, -0.05) is 48.5 Å². The van der Waals surface area contributed by atoms with E-state index in [1.807, 2.05) is 14.2 Å². The van der Waals surface area contributed by atoms with Gasteiger partial charge in [-0.15, -0.1) is 0 Å². The summed E-state index contributed by atoms with van der Waals surface area (Å²) in [5, 5.41) is 0. The molecule has 0 spiro atoms. The summed E-state index contributed by atoms with van der Waals surface area (Å²) < 4.78 is 12.1. The predicted octanol–water partition coefficient (Wildman–Crippen LogP) is 6.48. The average Bonchev–Trinajstić information content (AvgIpc) is 2.87. The van der Waals surface area contributed by atoms with Crippen LogP contribution in [-0.2, 0) is 8.85 Å². The minimum Gasteiger partial charge on any atom is -0.398 e. The molecule has 34 heavy (non-hydrogen) atoms. The molecule has 0 amide bonds. The Bertz CT molecular complexity index is 409. The third-order valence-electron chi connectivity index (χ3n) is 8.16. The third kappa shape index (κ3) is 12.8. The topological polar surface area (TPSA) is 28.2 Å². The first-order valence-electron chi connectivity index (χ1n) is 14.6. The number of hydrogen-bond acceptors (Lipinski definition) is 5. The Morgan fingerprint density at radius 3 is 1.12 bits per heavy atom. The van der Waals surface area contributed by atoms with E-state index < -0.39 is 8.56 Å². The Hall–Kier alpha value is 0.0169. The number of nitrogens with zero attached hydrogens (tertiary/aromatic N) is 3. The van der Waals surface area contributed by atoms with Crippen LogP contribution in [0.25, 0.3) is 0 Å². The first-order chi connectivity index (χ1) is 16.4. The van der Waals surface area contributed by atoms with Gasteiger partial charge in [0.15, 0.2) is 0 Å². The van der Waals surface area contributed by atoms with Crippen LogP contribution in [0.4, 0.5) is 0 Å². The zero-order chi connectivity index (χ0) is 25.9. The molecule has 0 fully saturated rings. The fourth-order valence-electron chi connectivity index (χ4n) is 5.38. The molecule has 0 heterocycles. The molecule has 0 atom stereocenters. The standard InChI is InChI=1S/C28H63N3O2Si/c1-10-21-29(13-4)24-17-28(18-25-30(14-5)22-11-2,19-26-31(15-6)23-12-3)20-27-34(16-7,32-8)33-9/h10-27H2,1-9H3. The SMILES string of the molecule is CCCN(CC)CCC(CCN(CC)CCC)(CCN(CC)CCC)CC[Si](CC)(OC)OC. The summed E-state index contributed by atoms with van der Waals surface area (Å²) in [6.07, 6.45) is 8.80. The largest absolute Gasteiger partial charge is 0.398 e. The van der Waals surface area contributed by atoms with Crippen LogP contribution in [0.5, 0.6) is 0 Å². The average molecular weight is 502 g/mol. The smallest absolute Gasteiger partial charge is 0.337 e. The number of rotatable bonds is 24. The van der Waals surface area contributed by atoms with Crippen LogP contribution < -0.4 is 0 Å². The molecule has 6 heteroatoms. The van der Waals surface area contributed by atoms with Gasteiger partial charge in [-0.25, -0.2) is 0 Å². The van der Waals surface area contributed by atoms with Crippen molar-refractivity contribution < 1.29 is 8.85 Å². The van der Waals surface area contributed by atoms with Crippen molar-refractivity contribution >= 4 is 8.56 Å². The van der Waals surface area contributed by atoms with Crippen molar-refractivity contribution in [2.45, 2.75) is 106 Å². The third-order valence-corrected chi connectivity index (χ3v) is 11.7. The van der Waals surface area contributed by atoms with E-state index in [9.17, 15) is 0 Å². The lowest BCUT2D eigenvalue weighted by atomic mass is 9.75. The van der Waals surface area contributed by atoms with Crippen LogP contribution in [0.1, 0.15) is 93.4 Å². The van der Waals surface area contributed by atoms with Crippen LogP contribution in [0.3, 0.4) is 0 Å². The second kappa shape index (κ2) is 20.1. The van der Waals surface area contributed by atoms with Crippen LogP contribution in [0, 0.1) is 5.41 Å². The second-order valence-electron chi connectivity index (χ2n) is 10.2. The van der Waals surface area contributed by atoms with Gasteiger partial charge >= 0.3 is 8.56 Å². The Morgan fingerprint density at radius 1 is 0.529 bits per heavy atom. The summed E-state index contributed by atoms with van der Waals surface area (Å²) in [4.78, 5) is 8.00. The van der Waals surface area contributed by atoms with Gasteiger partial charge in [0, 0.05) is 14.2 Å². The van der Waals surface area contributed by atoms with Gasteiger partial charge in [0.2, 0.25) is 0 Å². The maximum absolute atomic E-state index is 6.07. The van der Waals surface area contributed by atoms with E-state index in [1.54, 1.807) is 0 Å². The van der Waals surface area contributed by atoms with Crippen molar-refractivity contribution in [3.8, 4) is 0 Å². The first kappa shape index (κ1) is 34.0. The van der Waals surface area contributed by atoms with Gasteiger partial charge in [0.1, 0.15) is 0 Å². The molecule has 0 saturated carbocycles. The van der Waals surface area contributed by atoms with E-state index in [0.717, 1.165) is 31.7 Å². The Labute approximate surface area is 216 Å². The molecule has 0 N–H and O–H groups in total. The molecular weight excluding hydrogens is 438 g/mol. The highest BCUT2D eigenvalue weighted by atomic mass is 28.4. The van der Waals surface area contributed by atoms with Crippen LogP contribution in [0.15, 0.2) is 0 Å². The lowest BCUT2D eigenvalue weighted by Crippen LogP contribution is -2.43. The molecule has 0 aromatic carbocycles. The van der Waals surface area contributed by atoms with Gasteiger partial charge < -0.3 is 23.6 Å². The Morgan fingerprint density at radius 2 is 0.882 bits per heavy atom. The van der Waals surface area contributed by atoms with Crippen molar-refractivity contribution in [1.82, 2.24) is 14.7 Å². The molecule has 0 aliphatic heterocycles. The minimum atomic E-state index is -2.11. The highest BCUT2D eigenvalue weighted by molar-refractivity contribution is 6.67.